The molecular formula is Li2O3. The summed E-state index contributed by atoms with van der Waals surface area (Å²) in [5, 5.41) is 17.5. The van der Waals surface area contributed by atoms with Crippen molar-refractivity contribution < 1.29 is 53.3 Å². The second-order valence-electron chi connectivity index (χ2n) is 0.0680. The topological polar surface area (TPSA) is 55.3 Å². The van der Waals surface area contributed by atoms with Crippen LogP contribution in [0.3, 0.4) is 0 Å². The summed E-state index contributed by atoms with van der Waals surface area (Å²) in [4.78, 5) is 0. The fourth-order valence-electron chi connectivity index (χ4n) is 0. The minimum atomic E-state index is 0. The number of hydrogen-bond acceptors (Lipinski definition) is 3. The van der Waals surface area contributed by atoms with Crippen molar-refractivity contribution in [2.24, 2.45) is 0 Å². The molecule has 0 aliphatic heterocycles. The van der Waals surface area contributed by atoms with Crippen LogP contribution in [0.2, 0.25) is 0 Å². The van der Waals surface area contributed by atoms with Crippen LogP contribution in [0.15, 0.2) is 0 Å². The van der Waals surface area contributed by atoms with Gasteiger partial charge in [-0.25, -0.2) is 0 Å². The molecule has 5 heavy (non-hydrogen) atoms. The molecule has 0 unspecified atom stereocenters. The van der Waals surface area contributed by atoms with Crippen LogP contribution < -0.4 is 48.2 Å². The zero-order valence-corrected chi connectivity index (χ0v) is 3.22. The van der Waals surface area contributed by atoms with E-state index in [9.17, 15) is 0 Å². The smallest absolute Gasteiger partial charge is 0.734 e. The summed E-state index contributed by atoms with van der Waals surface area (Å²) in [6, 6.07) is 0. The van der Waals surface area contributed by atoms with Crippen molar-refractivity contribution in [3.63, 3.8) is 0 Å². The Hall–Kier alpha value is 1.07. The summed E-state index contributed by atoms with van der Waals surface area (Å²) in [6.07, 6.45) is 0. The Morgan fingerprint density at radius 1 is 1.00 bits per heavy atom. The monoisotopic (exact) mass is 62.0 g/mol. The first-order valence-corrected chi connectivity index (χ1v) is 0.333. The van der Waals surface area contributed by atoms with E-state index in [1.807, 2.05) is 0 Å². The van der Waals surface area contributed by atoms with Gasteiger partial charge in [-0.2, -0.15) is 0 Å². The molecule has 0 rings (SSSR count). The third kappa shape index (κ3) is 41.5. The third-order valence-corrected chi connectivity index (χ3v) is 0. The molecule has 0 heterocycles. The Kier molecular flexibility index (Phi) is 64.8. The summed E-state index contributed by atoms with van der Waals surface area (Å²) >= 11 is 0. The van der Waals surface area contributed by atoms with E-state index >= 15 is 0 Å². The molecule has 0 aromatic carbocycles. The van der Waals surface area contributed by atoms with Crippen molar-refractivity contribution >= 4 is 0 Å². The van der Waals surface area contributed by atoms with Gasteiger partial charge in [-0.1, -0.05) is 0 Å². The molecule has 0 aromatic heterocycles. The first-order chi connectivity index (χ1) is 1.41. The van der Waals surface area contributed by atoms with Crippen LogP contribution in [0.1, 0.15) is 0 Å². The molecule has 3 nitrogen and oxygen atoms in total. The second kappa shape index (κ2) is 19.6. The van der Waals surface area contributed by atoms with Gasteiger partial charge in [0.05, 0.1) is 0 Å². The first kappa shape index (κ1) is 16.5. The standard InChI is InChI=1S/2Li.H2O3/c;;1-3-2/h;;1-2H/q2*+1;/p-2. The SMILES string of the molecule is [Li+].[Li+].[O-]O[O-]. The van der Waals surface area contributed by atoms with Crippen LogP contribution in [0.4, 0.5) is 0 Å². The molecule has 0 bridgehead atoms. The zero-order chi connectivity index (χ0) is 2.71. The molecule has 0 fully saturated rings. The summed E-state index contributed by atoms with van der Waals surface area (Å²) < 4.78 is 0. The maximum Gasteiger partial charge on any atom is 1.00 e. The second-order valence-corrected chi connectivity index (χ2v) is 0.0680. The minimum Gasteiger partial charge on any atom is -0.734 e. The molecule has 20 valence electrons. The van der Waals surface area contributed by atoms with Gasteiger partial charge in [-0.3, -0.25) is 0 Å². The molecular weight excluding hydrogens is 61.9 g/mol. The van der Waals surface area contributed by atoms with Gasteiger partial charge in [0.1, 0.15) is 0 Å². The molecule has 0 aliphatic rings. The molecule has 0 aliphatic carbocycles. The van der Waals surface area contributed by atoms with Crippen LogP contribution in [0.5, 0.6) is 0 Å². The Balaban J connectivity index is -0.0000000200. The van der Waals surface area contributed by atoms with Crippen LogP contribution >= 0.6 is 0 Å². The molecule has 0 saturated carbocycles. The van der Waals surface area contributed by atoms with Crippen molar-refractivity contribution in [2.75, 3.05) is 0 Å². The van der Waals surface area contributed by atoms with Crippen molar-refractivity contribution in [1.29, 1.82) is 0 Å². The summed E-state index contributed by atoms with van der Waals surface area (Å²) in [5.74, 6) is 0. The van der Waals surface area contributed by atoms with Gasteiger partial charge in [0.25, 0.3) is 0 Å². The largest absolute Gasteiger partial charge is 1.00 e. The predicted octanol–water partition coefficient (Wildman–Crippen LogP) is -8.44. The molecule has 0 saturated heterocycles. The van der Waals surface area contributed by atoms with Crippen molar-refractivity contribution in [3.05, 3.63) is 0 Å². The predicted molar refractivity (Wildman–Crippen MR) is 1.08 cm³/mol. The van der Waals surface area contributed by atoms with Crippen molar-refractivity contribution in [2.45, 2.75) is 0 Å². The van der Waals surface area contributed by atoms with Gasteiger partial charge in [-0.05, 0) is 0 Å². The maximum absolute atomic E-state index is 7.88. The zero-order valence-electron chi connectivity index (χ0n) is 3.22. The molecule has 0 spiro atoms. The van der Waals surface area contributed by atoms with E-state index in [0.717, 1.165) is 0 Å². The Morgan fingerprint density at radius 2 is 1.00 bits per heavy atom. The van der Waals surface area contributed by atoms with E-state index in [0.29, 0.717) is 0 Å². The van der Waals surface area contributed by atoms with Gasteiger partial charge < -0.3 is 15.6 Å². The molecule has 0 amide bonds. The minimum absolute atomic E-state index is 0. The van der Waals surface area contributed by atoms with Gasteiger partial charge in [-0.15, -0.1) is 0 Å². The normalized spacial score (nSPS) is 3.60. The van der Waals surface area contributed by atoms with E-state index in [1.54, 1.807) is 5.04 Å². The average Bonchev–Trinajstić information content (AvgIpc) is 0.918. The fourth-order valence-corrected chi connectivity index (χ4v) is 0. The van der Waals surface area contributed by atoms with E-state index in [4.69, 9.17) is 10.5 Å². The van der Waals surface area contributed by atoms with E-state index in [2.05, 4.69) is 0 Å². The Bertz CT molecular complexity index is 4.85. The summed E-state index contributed by atoms with van der Waals surface area (Å²) in [7, 11) is 0. The van der Waals surface area contributed by atoms with Crippen molar-refractivity contribution in [1.82, 2.24) is 0 Å². The van der Waals surface area contributed by atoms with Gasteiger partial charge in [0, 0.05) is 0 Å². The van der Waals surface area contributed by atoms with Crippen LogP contribution in [0, 0.1) is 0 Å². The van der Waals surface area contributed by atoms with Crippen LogP contribution in [-0.2, 0) is 5.04 Å². The Morgan fingerprint density at radius 3 is 1.00 bits per heavy atom. The molecule has 0 atom stereocenters. The molecule has 5 heteroatoms. The number of hydrogen-bond donors (Lipinski definition) is 0. The van der Waals surface area contributed by atoms with Crippen LogP contribution in [0.25, 0.3) is 0 Å². The van der Waals surface area contributed by atoms with E-state index in [-0.39, 0.29) is 37.7 Å². The van der Waals surface area contributed by atoms with Gasteiger partial charge in [0.15, 0.2) is 0 Å². The first-order valence-electron chi connectivity index (χ1n) is 0.333. The Labute approximate surface area is 53.5 Å². The fraction of sp³-hybridized carbons (Fsp3) is 0. The average molecular weight is 61.9 g/mol. The number of rotatable bonds is 0. The third-order valence-electron chi connectivity index (χ3n) is 0. The summed E-state index contributed by atoms with van der Waals surface area (Å²) in [6.45, 7) is 0. The molecule has 0 aromatic rings. The summed E-state index contributed by atoms with van der Waals surface area (Å²) in [5.41, 5.74) is 0. The molecule has 0 N–H and O–H groups in total. The van der Waals surface area contributed by atoms with E-state index in [1.165, 1.54) is 0 Å². The van der Waals surface area contributed by atoms with Crippen LogP contribution in [-0.4, -0.2) is 0 Å². The van der Waals surface area contributed by atoms with Gasteiger partial charge >= 0.3 is 37.7 Å². The quantitative estimate of drug-likeness (QED) is 0.159. The van der Waals surface area contributed by atoms with Gasteiger partial charge in [0.2, 0.25) is 0 Å². The maximum atomic E-state index is 7.88. The van der Waals surface area contributed by atoms with E-state index < -0.39 is 0 Å². The molecule has 0 radical (unpaired) electrons. The van der Waals surface area contributed by atoms with Crippen molar-refractivity contribution in [3.8, 4) is 0 Å².